The third-order valence-electron chi connectivity index (χ3n) is 4.42. The molecule has 2 aromatic rings. The third kappa shape index (κ3) is 4.36. The minimum Gasteiger partial charge on any atom is -0.337 e. The lowest BCUT2D eigenvalue weighted by molar-refractivity contribution is 0.185. The topological polar surface area (TPSA) is 62.2 Å². The first-order valence-corrected chi connectivity index (χ1v) is 9.31. The summed E-state index contributed by atoms with van der Waals surface area (Å²) in [6.07, 6.45) is 4.75. The molecule has 3 rings (SSSR count). The maximum absolute atomic E-state index is 12.1. The predicted octanol–water partition coefficient (Wildman–Crippen LogP) is 2.08. The molecule has 24 heavy (non-hydrogen) atoms. The van der Waals surface area contributed by atoms with Gasteiger partial charge in [0.15, 0.2) is 0 Å². The molecule has 7 heteroatoms. The van der Waals surface area contributed by atoms with E-state index in [1.54, 1.807) is 6.20 Å². The fourth-order valence-corrected chi connectivity index (χ4v) is 3.92. The number of carbonyl (C=O) groups is 1. The van der Waals surface area contributed by atoms with Crippen molar-refractivity contribution >= 4 is 17.4 Å². The number of rotatable bonds is 6. The zero-order valence-corrected chi connectivity index (χ0v) is 15.1. The molecule has 0 spiro atoms. The van der Waals surface area contributed by atoms with E-state index >= 15 is 0 Å². The van der Waals surface area contributed by atoms with Crippen LogP contribution in [0.1, 0.15) is 24.3 Å². The van der Waals surface area contributed by atoms with Crippen molar-refractivity contribution in [2.75, 3.05) is 13.1 Å². The van der Waals surface area contributed by atoms with Gasteiger partial charge in [-0.25, -0.2) is 4.79 Å². The van der Waals surface area contributed by atoms with E-state index in [-0.39, 0.29) is 12.1 Å². The van der Waals surface area contributed by atoms with Gasteiger partial charge < -0.3 is 10.6 Å². The highest BCUT2D eigenvalue weighted by atomic mass is 32.1. The standard InChI is InChI=1S/C17H25N5OS/c1-13(11-22-7-3-6-19-22)20-17(23)18-10-14(2)21-8-4-16-15(12-21)5-9-24-16/h3,5-7,9,13-14H,4,8,10-12H2,1-2H3,(H2,18,20,23)/t13-,14+/m0/s1. The van der Waals surface area contributed by atoms with Crippen molar-refractivity contribution < 1.29 is 4.79 Å². The summed E-state index contributed by atoms with van der Waals surface area (Å²) in [7, 11) is 0. The normalized spacial score (nSPS) is 17.1. The monoisotopic (exact) mass is 347 g/mol. The first-order chi connectivity index (χ1) is 11.6. The molecule has 0 unspecified atom stereocenters. The molecule has 0 fully saturated rings. The van der Waals surface area contributed by atoms with Gasteiger partial charge >= 0.3 is 6.03 Å². The van der Waals surface area contributed by atoms with Gasteiger partial charge in [0.2, 0.25) is 0 Å². The molecule has 0 aliphatic carbocycles. The van der Waals surface area contributed by atoms with Gasteiger partial charge in [0.25, 0.3) is 0 Å². The van der Waals surface area contributed by atoms with Crippen LogP contribution in [0, 0.1) is 0 Å². The van der Waals surface area contributed by atoms with E-state index in [2.05, 4.69) is 39.0 Å². The van der Waals surface area contributed by atoms with Crippen LogP contribution in [0.5, 0.6) is 0 Å². The van der Waals surface area contributed by atoms with Crippen LogP contribution in [0.3, 0.4) is 0 Å². The number of nitrogens with one attached hydrogen (secondary N) is 2. The van der Waals surface area contributed by atoms with Crippen molar-refractivity contribution in [3.05, 3.63) is 40.3 Å². The van der Waals surface area contributed by atoms with Crippen LogP contribution in [-0.2, 0) is 19.5 Å². The van der Waals surface area contributed by atoms with E-state index in [4.69, 9.17) is 0 Å². The summed E-state index contributed by atoms with van der Waals surface area (Å²) in [5.41, 5.74) is 1.44. The van der Waals surface area contributed by atoms with Crippen molar-refractivity contribution in [3.8, 4) is 0 Å². The number of amides is 2. The third-order valence-corrected chi connectivity index (χ3v) is 5.44. The van der Waals surface area contributed by atoms with Gasteiger partial charge in [-0.15, -0.1) is 11.3 Å². The summed E-state index contributed by atoms with van der Waals surface area (Å²) in [6, 6.07) is 4.34. The maximum atomic E-state index is 12.1. The van der Waals surface area contributed by atoms with Crippen LogP contribution in [0.4, 0.5) is 4.79 Å². The molecule has 0 aromatic carbocycles. The fraction of sp³-hybridized carbons (Fsp3) is 0.529. The Balaban J connectivity index is 1.39. The lowest BCUT2D eigenvalue weighted by Gasteiger charge is -2.32. The van der Waals surface area contributed by atoms with Gasteiger partial charge in [-0.3, -0.25) is 9.58 Å². The summed E-state index contributed by atoms with van der Waals surface area (Å²) < 4.78 is 1.82. The van der Waals surface area contributed by atoms with Gasteiger partial charge in [0.1, 0.15) is 0 Å². The number of nitrogens with zero attached hydrogens (tertiary/aromatic N) is 3. The van der Waals surface area contributed by atoms with Gasteiger partial charge in [-0.05, 0) is 43.3 Å². The summed E-state index contributed by atoms with van der Waals surface area (Å²) >= 11 is 1.85. The van der Waals surface area contributed by atoms with E-state index in [0.29, 0.717) is 19.1 Å². The molecule has 0 radical (unpaired) electrons. The minimum absolute atomic E-state index is 0.0311. The molecule has 1 aliphatic heterocycles. The van der Waals surface area contributed by atoms with Crippen LogP contribution >= 0.6 is 11.3 Å². The van der Waals surface area contributed by atoms with Crippen LogP contribution in [0.2, 0.25) is 0 Å². The van der Waals surface area contributed by atoms with Crippen molar-refractivity contribution in [2.45, 2.75) is 45.4 Å². The molecule has 3 heterocycles. The highest BCUT2D eigenvalue weighted by molar-refractivity contribution is 7.10. The second-order valence-electron chi connectivity index (χ2n) is 6.42. The fourth-order valence-electron chi connectivity index (χ4n) is 3.03. The van der Waals surface area contributed by atoms with Crippen LogP contribution < -0.4 is 10.6 Å². The quantitative estimate of drug-likeness (QED) is 0.841. The molecule has 2 N–H and O–H groups in total. The van der Waals surface area contributed by atoms with Gasteiger partial charge in [0.05, 0.1) is 6.54 Å². The molecule has 0 bridgehead atoms. The van der Waals surface area contributed by atoms with Gasteiger partial charge in [0, 0.05) is 49.0 Å². The minimum atomic E-state index is -0.116. The zero-order valence-electron chi connectivity index (χ0n) is 14.2. The van der Waals surface area contributed by atoms with Gasteiger partial charge in [-0.2, -0.15) is 5.10 Å². The Labute approximate surface area is 146 Å². The van der Waals surface area contributed by atoms with E-state index in [0.717, 1.165) is 19.5 Å². The molecule has 2 amide bonds. The molecule has 1 aliphatic rings. The second-order valence-corrected chi connectivity index (χ2v) is 7.42. The molecule has 130 valence electrons. The number of aromatic nitrogens is 2. The number of urea groups is 1. The zero-order chi connectivity index (χ0) is 16.9. The number of hydrogen-bond acceptors (Lipinski definition) is 4. The second kappa shape index (κ2) is 7.81. The number of carbonyl (C=O) groups excluding carboxylic acids is 1. The molecular formula is C17H25N5OS. The molecule has 6 nitrogen and oxygen atoms in total. The first-order valence-electron chi connectivity index (χ1n) is 8.43. The summed E-state index contributed by atoms with van der Waals surface area (Å²) in [6.45, 7) is 7.52. The largest absolute Gasteiger partial charge is 0.337 e. The van der Waals surface area contributed by atoms with Crippen molar-refractivity contribution in [1.29, 1.82) is 0 Å². The predicted molar refractivity (Wildman–Crippen MR) is 96.1 cm³/mol. The summed E-state index contributed by atoms with van der Waals surface area (Å²) in [4.78, 5) is 16.0. The average molecular weight is 347 g/mol. The van der Waals surface area contributed by atoms with E-state index in [9.17, 15) is 4.79 Å². The Kier molecular flexibility index (Phi) is 5.52. The molecule has 2 atom stereocenters. The van der Waals surface area contributed by atoms with Crippen molar-refractivity contribution in [1.82, 2.24) is 25.3 Å². The van der Waals surface area contributed by atoms with Crippen LogP contribution in [0.25, 0.3) is 0 Å². The smallest absolute Gasteiger partial charge is 0.315 e. The average Bonchev–Trinajstić information content (AvgIpc) is 3.22. The molecule has 0 saturated heterocycles. The molecule has 0 saturated carbocycles. The Hall–Kier alpha value is -1.86. The Morgan fingerprint density at radius 1 is 1.46 bits per heavy atom. The van der Waals surface area contributed by atoms with E-state index < -0.39 is 0 Å². The van der Waals surface area contributed by atoms with Crippen molar-refractivity contribution in [3.63, 3.8) is 0 Å². The van der Waals surface area contributed by atoms with Gasteiger partial charge in [-0.1, -0.05) is 0 Å². The van der Waals surface area contributed by atoms with Crippen LogP contribution in [0.15, 0.2) is 29.9 Å². The maximum Gasteiger partial charge on any atom is 0.315 e. The van der Waals surface area contributed by atoms with E-state index in [1.807, 2.05) is 35.2 Å². The van der Waals surface area contributed by atoms with Crippen molar-refractivity contribution in [2.24, 2.45) is 0 Å². The lowest BCUT2D eigenvalue weighted by atomic mass is 10.1. The van der Waals surface area contributed by atoms with Crippen LogP contribution in [-0.4, -0.2) is 45.9 Å². The molecular weight excluding hydrogens is 322 g/mol. The summed E-state index contributed by atoms with van der Waals surface area (Å²) in [5, 5.41) is 12.3. The first kappa shape index (κ1) is 17.0. The number of hydrogen-bond donors (Lipinski definition) is 2. The highest BCUT2D eigenvalue weighted by Gasteiger charge is 2.21. The lowest BCUT2D eigenvalue weighted by Crippen LogP contribution is -2.48. The number of thiophene rings is 1. The molecule has 2 aromatic heterocycles. The summed E-state index contributed by atoms with van der Waals surface area (Å²) in [5.74, 6) is 0. The Bertz CT molecular complexity index is 654. The number of fused-ring (bicyclic) bond motifs is 1. The Morgan fingerprint density at radius 3 is 3.12 bits per heavy atom. The van der Waals surface area contributed by atoms with E-state index in [1.165, 1.54) is 10.4 Å². The Morgan fingerprint density at radius 2 is 2.33 bits per heavy atom. The SMILES string of the molecule is C[C@H](CNC(=O)N[C@@H](C)Cn1cccn1)N1CCc2sccc2C1. The highest BCUT2D eigenvalue weighted by Crippen LogP contribution is 2.24.